The van der Waals surface area contributed by atoms with E-state index in [1.54, 1.807) is 0 Å². The van der Waals surface area contributed by atoms with Gasteiger partial charge in [0.2, 0.25) is 11.8 Å². The topological polar surface area (TPSA) is 111 Å². The van der Waals surface area contributed by atoms with Gasteiger partial charge in [0.1, 0.15) is 6.04 Å². The lowest BCUT2D eigenvalue weighted by Crippen LogP contribution is -2.52. The number of anilines is 2. The number of aryl methyl sites for hydroxylation is 1. The minimum Gasteiger partial charge on any atom is -0.377 e. The molecule has 0 saturated carbocycles. The van der Waals surface area contributed by atoms with E-state index >= 15 is 0 Å². The van der Waals surface area contributed by atoms with Crippen LogP contribution in [-0.4, -0.2) is 48.8 Å². The van der Waals surface area contributed by atoms with Crippen LogP contribution in [0.25, 0.3) is 0 Å². The molecule has 5 amide bonds. The summed E-state index contributed by atoms with van der Waals surface area (Å²) >= 11 is 1.32. The Labute approximate surface area is 189 Å². The maximum absolute atomic E-state index is 12.8. The van der Waals surface area contributed by atoms with Gasteiger partial charge in [-0.05, 0) is 42.7 Å². The minimum atomic E-state index is -0.617. The monoisotopic (exact) mass is 455 g/mol. The third kappa shape index (κ3) is 4.31. The first kappa shape index (κ1) is 21.8. The van der Waals surface area contributed by atoms with Crippen LogP contribution in [0.2, 0.25) is 0 Å². The summed E-state index contributed by atoms with van der Waals surface area (Å²) in [5.74, 6) is -0.925. The Kier molecular flexibility index (Phi) is 5.88. The summed E-state index contributed by atoms with van der Waals surface area (Å²) in [7, 11) is 3.90. The number of carbonyl (C=O) groups excluding carboxylic acids is 4. The molecule has 0 radical (unpaired) electrons. The second kappa shape index (κ2) is 8.62. The van der Waals surface area contributed by atoms with E-state index in [4.69, 9.17) is 0 Å². The molecule has 1 aromatic heterocycles. The van der Waals surface area contributed by atoms with Gasteiger partial charge in [-0.25, -0.2) is 4.79 Å². The highest BCUT2D eigenvalue weighted by molar-refractivity contribution is 7.14. The van der Waals surface area contributed by atoms with Gasteiger partial charge >= 0.3 is 6.03 Å². The van der Waals surface area contributed by atoms with Crippen molar-refractivity contribution in [2.45, 2.75) is 38.9 Å². The number of hydrogen-bond donors (Lipinski definition) is 3. The Bertz CT molecular complexity index is 1110. The molecular weight excluding hydrogens is 430 g/mol. The lowest BCUT2D eigenvalue weighted by Gasteiger charge is -2.29. The molecule has 1 atom stereocenters. The molecule has 2 aliphatic heterocycles. The van der Waals surface area contributed by atoms with E-state index in [2.05, 4.69) is 16.0 Å². The minimum absolute atomic E-state index is 0.203. The molecule has 1 saturated heterocycles. The molecule has 1 fully saturated rings. The maximum Gasteiger partial charge on any atom is 0.319 e. The average molecular weight is 456 g/mol. The molecule has 0 bridgehead atoms. The van der Waals surface area contributed by atoms with Crippen molar-refractivity contribution < 1.29 is 19.2 Å². The summed E-state index contributed by atoms with van der Waals surface area (Å²) in [6.45, 7) is 2.64. The van der Waals surface area contributed by atoms with E-state index in [1.165, 1.54) is 16.2 Å². The van der Waals surface area contributed by atoms with Gasteiger partial charge in [0.15, 0.2) is 0 Å². The Balaban J connectivity index is 1.34. The van der Waals surface area contributed by atoms with Crippen molar-refractivity contribution in [2.75, 3.05) is 24.3 Å². The summed E-state index contributed by atoms with van der Waals surface area (Å²) in [5.41, 5.74) is 3.68. The third-order valence-electron chi connectivity index (χ3n) is 5.61. The Morgan fingerprint density at radius 1 is 1.25 bits per heavy atom. The molecule has 1 unspecified atom stereocenters. The van der Waals surface area contributed by atoms with E-state index in [-0.39, 0.29) is 24.3 Å². The van der Waals surface area contributed by atoms with Crippen molar-refractivity contribution >= 4 is 46.5 Å². The van der Waals surface area contributed by atoms with Gasteiger partial charge in [0.25, 0.3) is 5.91 Å². The highest BCUT2D eigenvalue weighted by Crippen LogP contribution is 2.33. The lowest BCUT2D eigenvalue weighted by molar-refractivity contribution is -0.136. The second-order valence-electron chi connectivity index (χ2n) is 8.17. The summed E-state index contributed by atoms with van der Waals surface area (Å²) in [4.78, 5) is 53.5. The van der Waals surface area contributed by atoms with E-state index in [0.717, 1.165) is 21.7 Å². The van der Waals surface area contributed by atoms with Crippen molar-refractivity contribution in [3.63, 3.8) is 0 Å². The number of benzene rings is 1. The predicted molar refractivity (Wildman–Crippen MR) is 122 cm³/mol. The molecule has 1 aromatic carbocycles. The number of thiophene rings is 1. The first-order valence-electron chi connectivity index (χ1n) is 10.3. The number of nitrogens with one attached hydrogen (secondary N) is 3. The summed E-state index contributed by atoms with van der Waals surface area (Å²) in [5, 5.41) is 7.95. The van der Waals surface area contributed by atoms with Crippen LogP contribution in [0, 0.1) is 6.92 Å². The Morgan fingerprint density at radius 3 is 2.72 bits per heavy atom. The molecule has 168 valence electrons. The molecule has 10 heteroatoms. The number of nitrogens with zero attached hydrogens (tertiary/aromatic N) is 2. The zero-order valence-corrected chi connectivity index (χ0v) is 19.0. The molecule has 2 aliphatic rings. The molecular formula is C22H25N5O4S. The van der Waals surface area contributed by atoms with Crippen molar-refractivity contribution in [1.29, 1.82) is 0 Å². The zero-order valence-electron chi connectivity index (χ0n) is 18.2. The number of imide groups is 1. The van der Waals surface area contributed by atoms with E-state index in [1.807, 2.05) is 50.2 Å². The zero-order chi connectivity index (χ0) is 23.0. The van der Waals surface area contributed by atoms with Gasteiger partial charge in [-0.2, -0.15) is 0 Å². The SMILES string of the molecule is Cc1ccc(NC(=O)NCc2cc3c(s2)C(=O)N(C2CCC(=O)NC2=O)C3)cc1N(C)C. The lowest BCUT2D eigenvalue weighted by atomic mass is 10.0. The number of rotatable bonds is 5. The molecule has 3 N–H and O–H groups in total. The summed E-state index contributed by atoms with van der Waals surface area (Å²) in [6.07, 6.45) is 0.573. The first-order valence-corrected chi connectivity index (χ1v) is 11.1. The van der Waals surface area contributed by atoms with Crippen LogP contribution in [0.1, 0.15) is 38.5 Å². The first-order chi connectivity index (χ1) is 15.2. The Morgan fingerprint density at radius 2 is 2.03 bits per heavy atom. The van der Waals surface area contributed by atoms with Gasteiger partial charge in [-0.3, -0.25) is 19.7 Å². The third-order valence-corrected chi connectivity index (χ3v) is 6.78. The molecule has 3 heterocycles. The van der Waals surface area contributed by atoms with Crippen molar-refractivity contribution in [3.05, 3.63) is 45.1 Å². The van der Waals surface area contributed by atoms with Crippen molar-refractivity contribution in [1.82, 2.24) is 15.5 Å². The van der Waals surface area contributed by atoms with Crippen LogP contribution in [0.15, 0.2) is 24.3 Å². The average Bonchev–Trinajstić information content (AvgIpc) is 3.27. The maximum atomic E-state index is 12.8. The quantitative estimate of drug-likeness (QED) is 0.599. The fourth-order valence-electron chi connectivity index (χ4n) is 4.00. The number of carbonyl (C=O) groups is 4. The van der Waals surface area contributed by atoms with Gasteiger partial charge in [0, 0.05) is 43.3 Å². The Hall–Kier alpha value is -3.40. The number of amides is 5. The van der Waals surface area contributed by atoms with Gasteiger partial charge in [0.05, 0.1) is 11.4 Å². The molecule has 0 aliphatic carbocycles. The number of piperidine rings is 1. The highest BCUT2D eigenvalue weighted by atomic mass is 32.1. The van der Waals surface area contributed by atoms with Crippen LogP contribution in [0.5, 0.6) is 0 Å². The predicted octanol–water partition coefficient (Wildman–Crippen LogP) is 2.21. The number of hydrogen-bond acceptors (Lipinski definition) is 6. The van der Waals surface area contributed by atoms with Crippen LogP contribution < -0.4 is 20.9 Å². The van der Waals surface area contributed by atoms with Gasteiger partial charge in [-0.1, -0.05) is 6.07 Å². The van der Waals surface area contributed by atoms with E-state index in [9.17, 15) is 19.2 Å². The smallest absolute Gasteiger partial charge is 0.319 e. The highest BCUT2D eigenvalue weighted by Gasteiger charge is 2.40. The molecule has 32 heavy (non-hydrogen) atoms. The second-order valence-corrected chi connectivity index (χ2v) is 9.31. The van der Waals surface area contributed by atoms with Crippen LogP contribution in [0.4, 0.5) is 16.2 Å². The fraction of sp³-hybridized carbons (Fsp3) is 0.364. The van der Waals surface area contributed by atoms with Crippen LogP contribution >= 0.6 is 11.3 Å². The van der Waals surface area contributed by atoms with E-state index < -0.39 is 11.9 Å². The summed E-state index contributed by atoms with van der Waals surface area (Å²) in [6, 6.07) is 6.66. The van der Waals surface area contributed by atoms with Crippen molar-refractivity contribution in [3.8, 4) is 0 Å². The summed E-state index contributed by atoms with van der Waals surface area (Å²) < 4.78 is 0. The normalized spacial score (nSPS) is 17.8. The molecule has 4 rings (SSSR count). The van der Waals surface area contributed by atoms with Crippen LogP contribution in [-0.2, 0) is 22.7 Å². The number of fused-ring (bicyclic) bond motifs is 1. The van der Waals surface area contributed by atoms with Crippen LogP contribution in [0.3, 0.4) is 0 Å². The molecule has 0 spiro atoms. The molecule has 2 aromatic rings. The number of urea groups is 1. The van der Waals surface area contributed by atoms with Crippen molar-refractivity contribution in [2.24, 2.45) is 0 Å². The standard InChI is InChI=1S/C22H25N5O4S/c1-12-4-5-14(9-17(12)26(2)3)24-22(31)23-10-15-8-13-11-27(21(30)19(13)32-15)16-6-7-18(28)25-20(16)29/h4-5,8-9,16H,6-7,10-11H2,1-3H3,(H2,23,24,31)(H,25,28,29). The molecule has 9 nitrogen and oxygen atoms in total. The largest absolute Gasteiger partial charge is 0.377 e. The van der Waals surface area contributed by atoms with E-state index in [0.29, 0.717) is 30.1 Å². The van der Waals surface area contributed by atoms with Gasteiger partial charge < -0.3 is 20.4 Å². The fourth-order valence-corrected chi connectivity index (χ4v) is 5.07. The van der Waals surface area contributed by atoms with Gasteiger partial charge in [-0.15, -0.1) is 11.3 Å².